The van der Waals surface area contributed by atoms with Gasteiger partial charge in [-0.05, 0) is 42.5 Å². The number of ether oxygens (including phenoxy) is 3. The molecule has 0 radical (unpaired) electrons. The van der Waals surface area contributed by atoms with Crippen LogP contribution in [0.4, 0.5) is 14.5 Å². The van der Waals surface area contributed by atoms with Crippen LogP contribution in [0.15, 0.2) is 66.9 Å². The van der Waals surface area contributed by atoms with Crippen molar-refractivity contribution in [1.29, 1.82) is 0 Å². The summed E-state index contributed by atoms with van der Waals surface area (Å²) in [6.07, 6.45) is 1.45. The highest BCUT2D eigenvalue weighted by atomic mass is 35.5. The molecule has 0 spiro atoms. The van der Waals surface area contributed by atoms with Crippen molar-refractivity contribution in [3.8, 4) is 17.4 Å². The van der Waals surface area contributed by atoms with Gasteiger partial charge in [0.1, 0.15) is 17.1 Å². The molecule has 7 nitrogen and oxygen atoms in total. The van der Waals surface area contributed by atoms with Crippen LogP contribution in [0, 0.1) is 0 Å². The van der Waals surface area contributed by atoms with E-state index in [9.17, 15) is 18.4 Å². The second-order valence-corrected chi connectivity index (χ2v) is 6.33. The molecule has 3 aromatic rings. The van der Waals surface area contributed by atoms with E-state index in [0.29, 0.717) is 5.75 Å². The van der Waals surface area contributed by atoms with Crippen LogP contribution in [0.25, 0.3) is 0 Å². The predicted molar refractivity (Wildman–Crippen MR) is 108 cm³/mol. The number of hydrogen-bond acceptors (Lipinski definition) is 6. The number of halogens is 3. The van der Waals surface area contributed by atoms with Gasteiger partial charge in [0, 0.05) is 11.9 Å². The van der Waals surface area contributed by atoms with Gasteiger partial charge in [0.15, 0.2) is 6.61 Å². The van der Waals surface area contributed by atoms with Gasteiger partial charge in [-0.15, -0.1) is 0 Å². The molecule has 0 saturated heterocycles. The number of nitrogens with zero attached hydrogens (tertiary/aromatic N) is 1. The molecule has 0 aliphatic carbocycles. The first-order valence-electron chi connectivity index (χ1n) is 8.81. The Morgan fingerprint density at radius 3 is 2.55 bits per heavy atom. The maximum absolute atomic E-state index is 12.4. The number of pyridine rings is 1. The van der Waals surface area contributed by atoms with E-state index < -0.39 is 25.1 Å². The second kappa shape index (κ2) is 10.4. The lowest BCUT2D eigenvalue weighted by atomic mass is 10.2. The van der Waals surface area contributed by atoms with Gasteiger partial charge in [0.05, 0.1) is 5.02 Å². The fourth-order valence-electron chi connectivity index (χ4n) is 2.40. The predicted octanol–water partition coefficient (Wildman–Crippen LogP) is 4.92. The average Bonchev–Trinajstić information content (AvgIpc) is 2.75. The van der Waals surface area contributed by atoms with Crippen molar-refractivity contribution in [2.24, 2.45) is 0 Å². The van der Waals surface area contributed by atoms with Gasteiger partial charge in [-0.25, -0.2) is 9.78 Å². The Morgan fingerprint density at radius 1 is 1.06 bits per heavy atom. The minimum Gasteiger partial charge on any atom is -0.452 e. The molecule has 0 saturated carbocycles. The molecule has 2 aromatic carbocycles. The molecular weight excluding hydrogens is 434 g/mol. The number of hydrogen-bond donors (Lipinski definition) is 1. The molecule has 10 heteroatoms. The Labute approximate surface area is 180 Å². The number of anilines is 1. The number of rotatable bonds is 8. The van der Waals surface area contributed by atoms with Gasteiger partial charge in [-0.2, -0.15) is 8.78 Å². The van der Waals surface area contributed by atoms with Crippen LogP contribution in [0.2, 0.25) is 5.02 Å². The van der Waals surface area contributed by atoms with Gasteiger partial charge < -0.3 is 19.5 Å². The van der Waals surface area contributed by atoms with Crippen molar-refractivity contribution >= 4 is 29.2 Å². The Morgan fingerprint density at radius 2 is 1.84 bits per heavy atom. The van der Waals surface area contributed by atoms with E-state index in [1.165, 1.54) is 36.5 Å². The zero-order valence-electron chi connectivity index (χ0n) is 15.8. The van der Waals surface area contributed by atoms with Crippen LogP contribution in [0.1, 0.15) is 10.4 Å². The molecule has 1 amide bonds. The number of alkyl halides is 2. The number of aromatic nitrogens is 1. The summed E-state index contributed by atoms with van der Waals surface area (Å²) in [6, 6.07) is 15.4. The maximum Gasteiger partial charge on any atom is 0.387 e. The van der Waals surface area contributed by atoms with Crippen LogP contribution < -0.4 is 14.8 Å². The number of carbonyl (C=O) groups is 2. The fourth-order valence-corrected chi connectivity index (χ4v) is 2.63. The summed E-state index contributed by atoms with van der Waals surface area (Å²) in [5, 5.41) is 2.32. The number of para-hydroxylation sites is 1. The van der Waals surface area contributed by atoms with E-state index in [1.807, 2.05) is 6.07 Å². The zero-order chi connectivity index (χ0) is 22.2. The van der Waals surface area contributed by atoms with Crippen molar-refractivity contribution in [2.75, 3.05) is 11.9 Å². The molecule has 1 heterocycles. The first kappa shape index (κ1) is 22.0. The van der Waals surface area contributed by atoms with E-state index in [-0.39, 0.29) is 27.9 Å². The number of carbonyl (C=O) groups excluding carboxylic acids is 2. The summed E-state index contributed by atoms with van der Waals surface area (Å²) in [7, 11) is 0. The maximum atomic E-state index is 12.4. The van der Waals surface area contributed by atoms with Crippen LogP contribution >= 0.6 is 11.6 Å². The van der Waals surface area contributed by atoms with Crippen molar-refractivity contribution in [1.82, 2.24) is 4.98 Å². The third kappa shape index (κ3) is 6.38. The lowest BCUT2D eigenvalue weighted by Gasteiger charge is -2.11. The summed E-state index contributed by atoms with van der Waals surface area (Å²) >= 11 is 5.83. The molecule has 3 rings (SSSR count). The topological polar surface area (TPSA) is 86.8 Å². The molecular formula is C21H15ClF2N2O5. The van der Waals surface area contributed by atoms with Crippen molar-refractivity contribution < 1.29 is 32.6 Å². The quantitative estimate of drug-likeness (QED) is 0.492. The molecule has 0 aliphatic heterocycles. The number of benzene rings is 2. The molecule has 0 bridgehead atoms. The molecule has 0 fully saturated rings. The van der Waals surface area contributed by atoms with E-state index in [1.54, 1.807) is 24.3 Å². The van der Waals surface area contributed by atoms with Gasteiger partial charge in [-0.3, -0.25) is 4.79 Å². The van der Waals surface area contributed by atoms with Gasteiger partial charge in [-0.1, -0.05) is 29.8 Å². The minimum atomic E-state index is -3.03. The first-order valence-corrected chi connectivity index (χ1v) is 9.19. The first-order chi connectivity index (χ1) is 14.9. The van der Waals surface area contributed by atoms with Crippen LogP contribution in [0.3, 0.4) is 0 Å². The van der Waals surface area contributed by atoms with E-state index in [2.05, 4.69) is 15.0 Å². The largest absolute Gasteiger partial charge is 0.452 e. The summed E-state index contributed by atoms with van der Waals surface area (Å²) < 4.78 is 39.4. The average molecular weight is 449 g/mol. The Bertz CT molecular complexity index is 1070. The van der Waals surface area contributed by atoms with Crippen LogP contribution in [0.5, 0.6) is 17.4 Å². The third-order valence-corrected chi connectivity index (χ3v) is 4.01. The van der Waals surface area contributed by atoms with Crippen molar-refractivity contribution in [3.05, 3.63) is 77.4 Å². The highest BCUT2D eigenvalue weighted by molar-refractivity contribution is 6.32. The van der Waals surface area contributed by atoms with E-state index >= 15 is 0 Å². The number of esters is 1. The summed E-state index contributed by atoms with van der Waals surface area (Å²) in [6.45, 7) is -3.63. The molecule has 0 atom stereocenters. The SMILES string of the molecule is O=C(COC(=O)c1cccnc1Oc1ccccc1)Nc1ccc(OC(F)F)c(Cl)c1. The standard InChI is InChI=1S/C21H15ClF2N2O5/c22-16-11-13(8-9-17(16)31-21(23)24)26-18(27)12-29-20(28)15-7-4-10-25-19(15)30-14-5-2-1-3-6-14/h1-11,21H,12H2,(H,26,27). The summed E-state index contributed by atoms with van der Waals surface area (Å²) in [4.78, 5) is 28.5. The fraction of sp³-hybridized carbons (Fsp3) is 0.0952. The second-order valence-electron chi connectivity index (χ2n) is 5.92. The van der Waals surface area contributed by atoms with Gasteiger partial charge in [0.25, 0.3) is 5.91 Å². The van der Waals surface area contributed by atoms with Gasteiger partial charge >= 0.3 is 12.6 Å². The zero-order valence-corrected chi connectivity index (χ0v) is 16.5. The van der Waals surface area contributed by atoms with Crippen LogP contribution in [-0.2, 0) is 9.53 Å². The van der Waals surface area contributed by atoms with Crippen molar-refractivity contribution in [3.63, 3.8) is 0 Å². The lowest BCUT2D eigenvalue weighted by Crippen LogP contribution is -2.21. The summed E-state index contributed by atoms with van der Waals surface area (Å²) in [5.41, 5.74) is 0.248. The molecule has 0 unspecified atom stereocenters. The lowest BCUT2D eigenvalue weighted by molar-refractivity contribution is -0.119. The van der Waals surface area contributed by atoms with E-state index in [4.69, 9.17) is 21.1 Å². The Kier molecular flexibility index (Phi) is 7.34. The normalized spacial score (nSPS) is 10.5. The van der Waals surface area contributed by atoms with E-state index in [0.717, 1.165) is 0 Å². The highest BCUT2D eigenvalue weighted by Gasteiger charge is 2.17. The minimum absolute atomic E-state index is 0.0282. The highest BCUT2D eigenvalue weighted by Crippen LogP contribution is 2.29. The van der Waals surface area contributed by atoms with Crippen LogP contribution in [-0.4, -0.2) is 30.1 Å². The summed E-state index contributed by atoms with van der Waals surface area (Å²) in [5.74, 6) is -1.21. The third-order valence-electron chi connectivity index (χ3n) is 3.71. The Balaban J connectivity index is 1.59. The number of amides is 1. The molecule has 160 valence electrons. The van der Waals surface area contributed by atoms with Crippen molar-refractivity contribution in [2.45, 2.75) is 6.61 Å². The molecule has 1 aromatic heterocycles. The molecule has 1 N–H and O–H groups in total. The Hall–Kier alpha value is -3.72. The van der Waals surface area contributed by atoms with Gasteiger partial charge in [0.2, 0.25) is 5.88 Å². The molecule has 31 heavy (non-hydrogen) atoms. The number of nitrogens with one attached hydrogen (secondary N) is 1. The monoisotopic (exact) mass is 448 g/mol. The molecule has 0 aliphatic rings. The smallest absolute Gasteiger partial charge is 0.387 e.